The zero-order valence-electron chi connectivity index (χ0n) is 34.2. The van der Waals surface area contributed by atoms with Crippen LogP contribution in [0.5, 0.6) is 17.5 Å². The Bertz CT molecular complexity index is 2360. The molecule has 0 bridgehead atoms. The maximum absolute atomic E-state index is 13.4. The van der Waals surface area contributed by atoms with E-state index in [1.807, 2.05) is 103 Å². The smallest absolute Gasteiger partial charge is 0.301 e. The SMILES string of the molecule is COc1ccc(C(OC[C@H]2O[C@@H](n3c(OC4CCCCC4)nc4c(NC(=O)c5ccccc5)ncnc43)[C@@H]3OC(C)(C)O[C@@H]32)(c2ccccc2)c2ccc(OC)cc2)cc1. The lowest BCUT2D eigenvalue weighted by Crippen LogP contribution is -2.39. The third-order valence-corrected chi connectivity index (χ3v) is 11.6. The molecule has 2 aromatic heterocycles. The number of nitrogens with zero attached hydrogens (tertiary/aromatic N) is 4. The summed E-state index contributed by atoms with van der Waals surface area (Å²) in [6.07, 6.45) is 3.84. The molecular formula is C47H49N5O8. The number of hydrogen-bond donors (Lipinski definition) is 1. The van der Waals surface area contributed by atoms with Gasteiger partial charge in [0.05, 0.1) is 20.8 Å². The van der Waals surface area contributed by atoms with Gasteiger partial charge in [-0.3, -0.25) is 4.79 Å². The molecule has 1 saturated carbocycles. The number of imidazole rings is 1. The van der Waals surface area contributed by atoms with Crippen molar-refractivity contribution in [2.45, 2.75) is 88.0 Å². The lowest BCUT2D eigenvalue weighted by Gasteiger charge is -2.37. The molecule has 9 rings (SSSR count). The van der Waals surface area contributed by atoms with Crippen molar-refractivity contribution >= 4 is 22.9 Å². The van der Waals surface area contributed by atoms with Gasteiger partial charge in [-0.25, -0.2) is 14.5 Å². The van der Waals surface area contributed by atoms with Gasteiger partial charge in [0.2, 0.25) is 0 Å². The Morgan fingerprint density at radius 2 is 1.38 bits per heavy atom. The van der Waals surface area contributed by atoms with E-state index in [0.29, 0.717) is 22.7 Å². The maximum atomic E-state index is 13.4. The number of amides is 1. The third-order valence-electron chi connectivity index (χ3n) is 11.6. The summed E-state index contributed by atoms with van der Waals surface area (Å²) in [5, 5.41) is 2.95. The summed E-state index contributed by atoms with van der Waals surface area (Å²) in [4.78, 5) is 27.5. The maximum Gasteiger partial charge on any atom is 0.301 e. The Hall–Kier alpha value is -5.86. The molecule has 310 valence electrons. The van der Waals surface area contributed by atoms with Crippen molar-refractivity contribution in [3.05, 3.63) is 138 Å². The zero-order valence-corrected chi connectivity index (χ0v) is 34.2. The highest BCUT2D eigenvalue weighted by molar-refractivity contribution is 6.06. The number of anilines is 1. The molecule has 13 heteroatoms. The number of hydrogen-bond acceptors (Lipinski definition) is 11. The lowest BCUT2D eigenvalue weighted by molar-refractivity contribution is -0.205. The molecule has 1 aliphatic carbocycles. The Balaban J connectivity index is 1.12. The number of carbonyl (C=O) groups is 1. The van der Waals surface area contributed by atoms with Crippen LogP contribution in [0.15, 0.2) is 116 Å². The molecule has 4 heterocycles. The van der Waals surface area contributed by atoms with Gasteiger partial charge < -0.3 is 38.5 Å². The van der Waals surface area contributed by atoms with Crippen LogP contribution in [-0.4, -0.2) is 76.5 Å². The predicted octanol–water partition coefficient (Wildman–Crippen LogP) is 8.23. The van der Waals surface area contributed by atoms with E-state index < -0.39 is 35.9 Å². The van der Waals surface area contributed by atoms with Crippen LogP contribution in [0.3, 0.4) is 0 Å². The minimum absolute atomic E-state index is 0.0568. The molecule has 60 heavy (non-hydrogen) atoms. The van der Waals surface area contributed by atoms with Crippen LogP contribution in [0.2, 0.25) is 0 Å². The van der Waals surface area contributed by atoms with Crippen LogP contribution in [0, 0.1) is 0 Å². The van der Waals surface area contributed by atoms with Crippen LogP contribution >= 0.6 is 0 Å². The Morgan fingerprint density at radius 1 is 0.783 bits per heavy atom. The van der Waals surface area contributed by atoms with E-state index in [1.165, 1.54) is 6.33 Å². The summed E-state index contributed by atoms with van der Waals surface area (Å²) in [5.74, 6) is 0.446. The normalized spacial score (nSPS) is 21.4. The molecule has 2 saturated heterocycles. The second kappa shape index (κ2) is 16.7. The Kier molecular flexibility index (Phi) is 11.0. The van der Waals surface area contributed by atoms with Crippen molar-refractivity contribution in [3.8, 4) is 17.5 Å². The fourth-order valence-electron chi connectivity index (χ4n) is 8.68. The first kappa shape index (κ1) is 39.6. The summed E-state index contributed by atoms with van der Waals surface area (Å²) in [6.45, 7) is 3.89. The summed E-state index contributed by atoms with van der Waals surface area (Å²) >= 11 is 0. The highest BCUT2D eigenvalue weighted by Crippen LogP contribution is 2.48. The number of aromatic nitrogens is 4. The minimum Gasteiger partial charge on any atom is -0.497 e. The average molecular weight is 812 g/mol. The van der Waals surface area contributed by atoms with Crippen molar-refractivity contribution < 1.29 is 38.0 Å². The van der Waals surface area contributed by atoms with E-state index in [2.05, 4.69) is 22.4 Å². The van der Waals surface area contributed by atoms with E-state index >= 15 is 0 Å². The fourth-order valence-corrected chi connectivity index (χ4v) is 8.68. The molecule has 3 fully saturated rings. The molecule has 1 amide bonds. The van der Waals surface area contributed by atoms with E-state index in [9.17, 15) is 4.79 Å². The molecule has 0 unspecified atom stereocenters. The first-order chi connectivity index (χ1) is 29.3. The monoisotopic (exact) mass is 811 g/mol. The molecule has 1 N–H and O–H groups in total. The number of methoxy groups -OCH3 is 2. The van der Waals surface area contributed by atoms with Gasteiger partial charge >= 0.3 is 6.01 Å². The van der Waals surface area contributed by atoms with E-state index in [1.54, 1.807) is 26.4 Å². The quantitative estimate of drug-likeness (QED) is 0.113. The summed E-state index contributed by atoms with van der Waals surface area (Å²) in [6, 6.07) is 35.2. The second-order valence-electron chi connectivity index (χ2n) is 15.8. The Labute approximate surface area is 348 Å². The van der Waals surface area contributed by atoms with Crippen LogP contribution < -0.4 is 19.5 Å². The highest BCUT2D eigenvalue weighted by Gasteiger charge is 2.57. The van der Waals surface area contributed by atoms with E-state index in [-0.39, 0.29) is 24.4 Å². The molecule has 6 aromatic rings. The molecule has 2 aliphatic heterocycles. The fraction of sp³-hybridized carbons (Fsp3) is 0.362. The predicted molar refractivity (Wildman–Crippen MR) is 223 cm³/mol. The van der Waals surface area contributed by atoms with Crippen molar-refractivity contribution in [1.82, 2.24) is 19.5 Å². The molecule has 0 radical (unpaired) electrons. The largest absolute Gasteiger partial charge is 0.497 e. The second-order valence-corrected chi connectivity index (χ2v) is 15.8. The highest BCUT2D eigenvalue weighted by atomic mass is 16.8. The first-order valence-electron chi connectivity index (χ1n) is 20.5. The third kappa shape index (κ3) is 7.58. The van der Waals surface area contributed by atoms with Gasteiger partial charge in [-0.05, 0) is 92.6 Å². The van der Waals surface area contributed by atoms with Crippen molar-refractivity contribution in [3.63, 3.8) is 0 Å². The van der Waals surface area contributed by atoms with Crippen LogP contribution in [0.1, 0.15) is 79.2 Å². The van der Waals surface area contributed by atoms with Crippen LogP contribution in [-0.2, 0) is 24.5 Å². The van der Waals surface area contributed by atoms with Gasteiger partial charge in [0.25, 0.3) is 5.91 Å². The zero-order chi connectivity index (χ0) is 41.3. The first-order valence-corrected chi connectivity index (χ1v) is 20.5. The molecule has 0 spiro atoms. The topological polar surface area (TPSA) is 137 Å². The number of benzene rings is 4. The number of rotatable bonds is 13. The molecular weight excluding hydrogens is 763 g/mol. The lowest BCUT2D eigenvalue weighted by atomic mass is 9.80. The van der Waals surface area contributed by atoms with Gasteiger partial charge in [0, 0.05) is 5.56 Å². The van der Waals surface area contributed by atoms with Crippen molar-refractivity contribution in [1.29, 1.82) is 0 Å². The molecule has 13 nitrogen and oxygen atoms in total. The van der Waals surface area contributed by atoms with Gasteiger partial charge in [-0.1, -0.05) is 79.2 Å². The van der Waals surface area contributed by atoms with Crippen LogP contribution in [0.4, 0.5) is 5.82 Å². The van der Waals surface area contributed by atoms with Crippen molar-refractivity contribution in [2.75, 3.05) is 26.1 Å². The number of nitrogens with one attached hydrogen (secondary N) is 1. The van der Waals surface area contributed by atoms with Crippen LogP contribution in [0.25, 0.3) is 11.2 Å². The molecule has 4 aromatic carbocycles. The van der Waals surface area contributed by atoms with E-state index in [0.717, 1.165) is 60.3 Å². The van der Waals surface area contributed by atoms with Gasteiger partial charge in [0.1, 0.15) is 47.8 Å². The van der Waals surface area contributed by atoms with Gasteiger partial charge in [0.15, 0.2) is 29.0 Å². The number of carbonyl (C=O) groups excluding carboxylic acids is 1. The van der Waals surface area contributed by atoms with Gasteiger partial charge in [-0.2, -0.15) is 4.98 Å². The van der Waals surface area contributed by atoms with Gasteiger partial charge in [-0.15, -0.1) is 0 Å². The standard InChI is InChI=1S/C47H49N5O8/c1-46(2)59-39-37(28-56-47(31-16-10-6-11-17-31,32-20-24-34(54-3)25-21-32)33-22-26-35(55-4)27-23-33)58-44(40(39)60-46)52-42-38(50-45(52)57-36-18-12-7-13-19-36)41(48-29-49-42)51-43(53)30-14-8-5-9-15-30/h5-6,8-11,14-17,20-27,29,36-37,39-40,44H,7,12-13,18-19,28H2,1-4H3,(H,48,49,51,53)/t37-,39-,40-,44-/m1/s1. The average Bonchev–Trinajstić information content (AvgIpc) is 3.93. The molecule has 4 atom stereocenters. The summed E-state index contributed by atoms with van der Waals surface area (Å²) < 4.78 is 47.4. The summed E-state index contributed by atoms with van der Waals surface area (Å²) in [5.41, 5.74) is 2.88. The number of ether oxygens (including phenoxy) is 7. The minimum atomic E-state index is -1.10. The summed E-state index contributed by atoms with van der Waals surface area (Å²) in [7, 11) is 3.30. The van der Waals surface area contributed by atoms with Crippen molar-refractivity contribution in [2.24, 2.45) is 0 Å². The Morgan fingerprint density at radius 3 is 2.02 bits per heavy atom. The number of fused-ring (bicyclic) bond motifs is 2. The molecule has 3 aliphatic rings. The van der Waals surface area contributed by atoms with E-state index in [4.69, 9.17) is 43.1 Å².